The molecule has 1 atom stereocenters. The summed E-state index contributed by atoms with van der Waals surface area (Å²) in [6.07, 6.45) is 8.79. The van der Waals surface area contributed by atoms with Crippen LogP contribution in [0.1, 0.15) is 39.5 Å². The number of rotatable bonds is 5. The minimum absolute atomic E-state index is 0.182. The van der Waals surface area contributed by atoms with E-state index >= 15 is 0 Å². The van der Waals surface area contributed by atoms with Gasteiger partial charge in [-0.05, 0) is 30.9 Å². The first kappa shape index (κ1) is 15.8. The molecule has 1 heterocycles. The van der Waals surface area contributed by atoms with E-state index < -0.39 is 11.2 Å². The van der Waals surface area contributed by atoms with Crippen molar-refractivity contribution in [2.24, 2.45) is 5.41 Å². The summed E-state index contributed by atoms with van der Waals surface area (Å²) in [6, 6.07) is 0. The Bertz CT molecular complexity index is 487. The van der Waals surface area contributed by atoms with Crippen molar-refractivity contribution in [2.45, 2.75) is 45.3 Å². The quantitative estimate of drug-likeness (QED) is 0.728. The van der Waals surface area contributed by atoms with Crippen LogP contribution in [0.3, 0.4) is 0 Å². The van der Waals surface area contributed by atoms with E-state index in [4.69, 9.17) is 14.2 Å². The molecule has 0 saturated heterocycles. The van der Waals surface area contributed by atoms with Gasteiger partial charge in [-0.15, -0.1) is 0 Å². The Labute approximate surface area is 126 Å². The van der Waals surface area contributed by atoms with Gasteiger partial charge < -0.3 is 14.2 Å². The van der Waals surface area contributed by atoms with Crippen LogP contribution in [0.25, 0.3) is 0 Å². The minimum atomic E-state index is -0.602. The van der Waals surface area contributed by atoms with Crippen LogP contribution in [0.5, 0.6) is 0 Å². The summed E-state index contributed by atoms with van der Waals surface area (Å²) in [5.41, 5.74) is 0.393. The van der Waals surface area contributed by atoms with Crippen molar-refractivity contribution < 1.29 is 19.0 Å². The lowest BCUT2D eigenvalue weighted by atomic mass is 9.76. The molecule has 0 bridgehead atoms. The zero-order chi connectivity index (χ0) is 15.5. The second-order valence-electron chi connectivity index (χ2n) is 5.96. The van der Waals surface area contributed by atoms with Crippen molar-refractivity contribution in [3.05, 3.63) is 36.1 Å². The Morgan fingerprint density at radius 1 is 1.48 bits per heavy atom. The number of hydrogen-bond donors (Lipinski definition) is 0. The van der Waals surface area contributed by atoms with Crippen LogP contribution in [-0.2, 0) is 19.0 Å². The first-order valence-corrected chi connectivity index (χ1v) is 7.37. The molecule has 0 N–H and O–H groups in total. The summed E-state index contributed by atoms with van der Waals surface area (Å²) in [6.45, 7) is 8.15. The molecule has 0 aromatic rings. The van der Waals surface area contributed by atoms with Gasteiger partial charge >= 0.3 is 5.97 Å². The highest BCUT2D eigenvalue weighted by atomic mass is 16.7. The Morgan fingerprint density at radius 3 is 2.86 bits per heavy atom. The number of allylic oxidation sites excluding steroid dienone is 3. The molecule has 2 aliphatic rings. The number of hydrogen-bond acceptors (Lipinski definition) is 4. The Kier molecular flexibility index (Phi) is 4.57. The molecule has 0 aromatic heterocycles. The fourth-order valence-corrected chi connectivity index (χ4v) is 3.09. The van der Waals surface area contributed by atoms with Crippen LogP contribution >= 0.6 is 0 Å². The molecule has 0 spiro atoms. The summed E-state index contributed by atoms with van der Waals surface area (Å²) in [5, 5.41) is 0. The molecule has 4 nitrogen and oxygen atoms in total. The number of methoxy groups -OCH3 is 1. The first-order chi connectivity index (χ1) is 9.93. The fraction of sp³-hybridized carbons (Fsp3) is 0.588. The molecule has 1 unspecified atom stereocenters. The summed E-state index contributed by atoms with van der Waals surface area (Å²) < 4.78 is 16.3. The van der Waals surface area contributed by atoms with Gasteiger partial charge in [-0.3, -0.25) is 4.79 Å². The topological polar surface area (TPSA) is 44.8 Å². The second kappa shape index (κ2) is 6.06. The zero-order valence-electron chi connectivity index (χ0n) is 13.1. The van der Waals surface area contributed by atoms with Gasteiger partial charge in [0.05, 0.1) is 24.9 Å². The first-order valence-electron chi connectivity index (χ1n) is 7.37. The lowest BCUT2D eigenvalue weighted by molar-refractivity contribution is -0.198. The molecule has 1 aliphatic heterocycles. The van der Waals surface area contributed by atoms with E-state index in [1.807, 2.05) is 19.9 Å². The Balaban J connectivity index is 2.11. The van der Waals surface area contributed by atoms with Gasteiger partial charge in [-0.1, -0.05) is 18.7 Å². The molecule has 21 heavy (non-hydrogen) atoms. The SMILES string of the molecule is C=CC1=CCCC1(CCC1=CCOC(C)(C)O1)C(=O)OC. The van der Waals surface area contributed by atoms with Gasteiger partial charge in [0.15, 0.2) is 0 Å². The van der Waals surface area contributed by atoms with Crippen LogP contribution in [0.15, 0.2) is 36.1 Å². The standard InChI is InChI=1S/C17H24O4/c1-5-13-7-6-10-17(13,15(18)19-4)11-8-14-9-12-20-16(2,3)21-14/h5,7,9H,1,6,8,10-12H2,2-4H3. The summed E-state index contributed by atoms with van der Waals surface area (Å²) in [5.74, 6) is 0.0952. The van der Waals surface area contributed by atoms with Gasteiger partial charge in [0.2, 0.25) is 5.79 Å². The highest BCUT2D eigenvalue weighted by molar-refractivity contribution is 5.82. The maximum atomic E-state index is 12.3. The summed E-state index contributed by atoms with van der Waals surface area (Å²) >= 11 is 0. The maximum absolute atomic E-state index is 12.3. The van der Waals surface area contributed by atoms with Crippen molar-refractivity contribution >= 4 is 5.97 Å². The summed E-state index contributed by atoms with van der Waals surface area (Å²) in [7, 11) is 1.44. The monoisotopic (exact) mass is 292 g/mol. The molecule has 0 saturated carbocycles. The van der Waals surface area contributed by atoms with Crippen molar-refractivity contribution in [1.82, 2.24) is 0 Å². The van der Waals surface area contributed by atoms with Crippen LogP contribution in [-0.4, -0.2) is 25.5 Å². The predicted molar refractivity (Wildman–Crippen MR) is 80.4 cm³/mol. The number of carbonyl (C=O) groups is 1. The average Bonchev–Trinajstić information content (AvgIpc) is 2.87. The lowest BCUT2D eigenvalue weighted by Crippen LogP contribution is -2.34. The van der Waals surface area contributed by atoms with E-state index in [2.05, 4.69) is 12.7 Å². The molecule has 0 aromatic carbocycles. The number of ether oxygens (including phenoxy) is 3. The molecule has 2 rings (SSSR count). The van der Waals surface area contributed by atoms with E-state index in [0.29, 0.717) is 19.4 Å². The van der Waals surface area contributed by atoms with E-state index in [1.54, 1.807) is 6.08 Å². The molecule has 0 fully saturated rings. The van der Waals surface area contributed by atoms with Crippen molar-refractivity contribution in [1.29, 1.82) is 0 Å². The zero-order valence-corrected chi connectivity index (χ0v) is 13.1. The Morgan fingerprint density at radius 2 is 2.24 bits per heavy atom. The molecular formula is C17H24O4. The molecule has 0 radical (unpaired) electrons. The van der Waals surface area contributed by atoms with E-state index in [-0.39, 0.29) is 5.97 Å². The van der Waals surface area contributed by atoms with Crippen LogP contribution < -0.4 is 0 Å². The number of esters is 1. The van der Waals surface area contributed by atoms with E-state index in [0.717, 1.165) is 24.2 Å². The molecular weight excluding hydrogens is 268 g/mol. The third-order valence-corrected chi connectivity index (χ3v) is 4.20. The predicted octanol–water partition coefficient (Wildman–Crippen LogP) is 3.50. The number of carbonyl (C=O) groups excluding carboxylic acids is 1. The van der Waals surface area contributed by atoms with Crippen LogP contribution in [0, 0.1) is 5.41 Å². The lowest BCUT2D eigenvalue weighted by Gasteiger charge is -2.33. The minimum Gasteiger partial charge on any atom is -0.468 e. The molecule has 0 amide bonds. The van der Waals surface area contributed by atoms with Crippen LogP contribution in [0.2, 0.25) is 0 Å². The van der Waals surface area contributed by atoms with Gasteiger partial charge in [0.1, 0.15) is 0 Å². The molecule has 116 valence electrons. The molecule has 1 aliphatic carbocycles. The normalized spacial score (nSPS) is 27.4. The summed E-state index contributed by atoms with van der Waals surface area (Å²) in [4.78, 5) is 12.3. The van der Waals surface area contributed by atoms with Crippen molar-refractivity contribution in [2.75, 3.05) is 13.7 Å². The average molecular weight is 292 g/mol. The largest absolute Gasteiger partial charge is 0.468 e. The Hall–Kier alpha value is -1.55. The second-order valence-corrected chi connectivity index (χ2v) is 5.96. The van der Waals surface area contributed by atoms with E-state index in [1.165, 1.54) is 7.11 Å². The molecule has 4 heteroatoms. The van der Waals surface area contributed by atoms with Gasteiger partial charge in [0, 0.05) is 20.3 Å². The smallest absolute Gasteiger partial charge is 0.316 e. The van der Waals surface area contributed by atoms with Gasteiger partial charge in [-0.2, -0.15) is 0 Å². The van der Waals surface area contributed by atoms with Crippen molar-refractivity contribution in [3.63, 3.8) is 0 Å². The maximum Gasteiger partial charge on any atom is 0.316 e. The van der Waals surface area contributed by atoms with Crippen molar-refractivity contribution in [3.8, 4) is 0 Å². The highest BCUT2D eigenvalue weighted by Gasteiger charge is 2.44. The van der Waals surface area contributed by atoms with E-state index in [9.17, 15) is 4.79 Å². The highest BCUT2D eigenvalue weighted by Crippen LogP contribution is 2.45. The van der Waals surface area contributed by atoms with Gasteiger partial charge in [-0.25, -0.2) is 0 Å². The third-order valence-electron chi connectivity index (χ3n) is 4.20. The fourth-order valence-electron chi connectivity index (χ4n) is 3.09. The van der Waals surface area contributed by atoms with Crippen LogP contribution in [0.4, 0.5) is 0 Å². The van der Waals surface area contributed by atoms with Gasteiger partial charge in [0.25, 0.3) is 0 Å². The third kappa shape index (κ3) is 3.21.